The van der Waals surface area contributed by atoms with Crippen LogP contribution >= 0.6 is 0 Å². The van der Waals surface area contributed by atoms with Gasteiger partial charge in [-0.1, -0.05) is 0 Å². The second kappa shape index (κ2) is 5.71. The van der Waals surface area contributed by atoms with Gasteiger partial charge in [-0.25, -0.2) is 9.97 Å². The first-order chi connectivity index (χ1) is 12.2. The molecule has 6 nitrogen and oxygen atoms in total. The van der Waals surface area contributed by atoms with Crippen molar-refractivity contribution in [1.82, 2.24) is 19.1 Å². The van der Waals surface area contributed by atoms with Crippen LogP contribution in [-0.2, 0) is 12.8 Å². The third-order valence-electron chi connectivity index (χ3n) is 5.96. The van der Waals surface area contributed by atoms with Crippen LogP contribution < -0.4 is 10.5 Å². The molecular formula is C19H25N5O. The van der Waals surface area contributed by atoms with Gasteiger partial charge in [0.1, 0.15) is 5.82 Å². The summed E-state index contributed by atoms with van der Waals surface area (Å²) in [6.45, 7) is 3.89. The molecule has 1 saturated carbocycles. The molecule has 1 aliphatic heterocycles. The van der Waals surface area contributed by atoms with Crippen molar-refractivity contribution < 1.29 is 0 Å². The van der Waals surface area contributed by atoms with Gasteiger partial charge in [0.05, 0.1) is 11.7 Å². The van der Waals surface area contributed by atoms with Crippen molar-refractivity contribution in [2.45, 2.75) is 64.0 Å². The molecule has 2 aliphatic carbocycles. The van der Waals surface area contributed by atoms with Crippen molar-refractivity contribution in [3.8, 4) is 0 Å². The van der Waals surface area contributed by atoms with Gasteiger partial charge in [0.15, 0.2) is 5.82 Å². The molecule has 6 heteroatoms. The third-order valence-corrected chi connectivity index (χ3v) is 5.96. The van der Waals surface area contributed by atoms with E-state index in [-0.39, 0.29) is 5.56 Å². The average Bonchev–Trinajstić information content (AvgIpc) is 3.25. The lowest BCUT2D eigenvalue weighted by Crippen LogP contribution is -2.32. The number of rotatable bonds is 3. The lowest BCUT2D eigenvalue weighted by Gasteiger charge is -2.21. The number of hydrogen-bond acceptors (Lipinski definition) is 4. The first-order valence-electron chi connectivity index (χ1n) is 9.61. The Labute approximate surface area is 147 Å². The van der Waals surface area contributed by atoms with Gasteiger partial charge in [-0.2, -0.15) is 0 Å². The van der Waals surface area contributed by atoms with E-state index in [1.807, 2.05) is 10.8 Å². The number of anilines is 1. The summed E-state index contributed by atoms with van der Waals surface area (Å²) < 4.78 is 4.33. The first-order valence-corrected chi connectivity index (χ1v) is 9.61. The molecule has 132 valence electrons. The van der Waals surface area contributed by atoms with Gasteiger partial charge in [-0.05, 0) is 51.9 Å². The smallest absolute Gasteiger partial charge is 0.293 e. The summed E-state index contributed by atoms with van der Waals surface area (Å²) in [6.07, 6.45) is 11.7. The molecule has 0 bridgehead atoms. The van der Waals surface area contributed by atoms with Gasteiger partial charge in [0, 0.05) is 37.2 Å². The maximum atomic E-state index is 12.8. The van der Waals surface area contributed by atoms with E-state index < -0.39 is 0 Å². The van der Waals surface area contributed by atoms with Gasteiger partial charge in [0.25, 0.3) is 5.56 Å². The Morgan fingerprint density at radius 3 is 2.80 bits per heavy atom. The summed E-state index contributed by atoms with van der Waals surface area (Å²) in [5.74, 6) is 1.76. The highest BCUT2D eigenvalue weighted by molar-refractivity contribution is 5.38. The van der Waals surface area contributed by atoms with Gasteiger partial charge >= 0.3 is 0 Å². The zero-order chi connectivity index (χ0) is 17.0. The minimum Gasteiger partial charge on any atom is -0.350 e. The molecule has 2 aromatic rings. The molecule has 0 spiro atoms. The van der Waals surface area contributed by atoms with E-state index in [1.54, 1.807) is 6.20 Å². The van der Waals surface area contributed by atoms with Crippen molar-refractivity contribution in [1.29, 1.82) is 0 Å². The predicted molar refractivity (Wildman–Crippen MR) is 96.2 cm³/mol. The van der Waals surface area contributed by atoms with Crippen molar-refractivity contribution in [3.63, 3.8) is 0 Å². The van der Waals surface area contributed by atoms with Crippen LogP contribution in [0.2, 0.25) is 0 Å². The molecule has 1 unspecified atom stereocenters. The van der Waals surface area contributed by atoms with Crippen LogP contribution in [0.1, 0.15) is 61.4 Å². The zero-order valence-electron chi connectivity index (χ0n) is 14.8. The standard InChI is InChI=1S/C19H25N5O/c1-13-21-16-4-2-3-5-17(16)24(13)15-8-10-22(12-15)18-19(25)23(11-9-20-18)14-6-7-14/h9,11,14-15H,2-8,10,12H2,1H3. The number of imidazole rings is 1. The molecule has 2 fully saturated rings. The van der Waals surface area contributed by atoms with Gasteiger partial charge in [-0.15, -0.1) is 0 Å². The topological polar surface area (TPSA) is 56.0 Å². The monoisotopic (exact) mass is 339 g/mol. The molecule has 2 aromatic heterocycles. The van der Waals surface area contributed by atoms with E-state index in [0.29, 0.717) is 17.9 Å². The Balaban J connectivity index is 1.43. The summed E-state index contributed by atoms with van der Waals surface area (Å²) in [4.78, 5) is 24.2. The van der Waals surface area contributed by atoms with Crippen molar-refractivity contribution >= 4 is 5.82 Å². The summed E-state index contributed by atoms with van der Waals surface area (Å²) in [6, 6.07) is 0.806. The van der Waals surface area contributed by atoms with E-state index in [0.717, 1.165) is 51.0 Å². The van der Waals surface area contributed by atoms with Crippen LogP contribution in [-0.4, -0.2) is 32.2 Å². The van der Waals surface area contributed by atoms with Crippen LogP contribution in [0.5, 0.6) is 0 Å². The predicted octanol–water partition coefficient (Wildman–Crippen LogP) is 2.41. The fraction of sp³-hybridized carbons (Fsp3) is 0.632. The minimum absolute atomic E-state index is 0.0787. The molecule has 3 aliphatic rings. The van der Waals surface area contributed by atoms with Crippen LogP contribution in [0.25, 0.3) is 0 Å². The lowest BCUT2D eigenvalue weighted by molar-refractivity contribution is 0.504. The summed E-state index contributed by atoms with van der Waals surface area (Å²) in [7, 11) is 0. The molecule has 0 amide bonds. The number of aromatic nitrogens is 4. The molecule has 5 rings (SSSR count). The van der Waals surface area contributed by atoms with E-state index in [2.05, 4.69) is 21.4 Å². The van der Waals surface area contributed by atoms with Gasteiger partial charge in [0.2, 0.25) is 0 Å². The van der Waals surface area contributed by atoms with Gasteiger partial charge in [-0.3, -0.25) is 4.79 Å². The highest BCUT2D eigenvalue weighted by Gasteiger charge is 2.32. The minimum atomic E-state index is 0.0787. The quantitative estimate of drug-likeness (QED) is 0.862. The van der Waals surface area contributed by atoms with E-state index in [9.17, 15) is 4.79 Å². The summed E-state index contributed by atoms with van der Waals surface area (Å²) >= 11 is 0. The molecular weight excluding hydrogens is 314 g/mol. The Bertz CT molecular complexity index is 863. The highest BCUT2D eigenvalue weighted by Crippen LogP contribution is 2.34. The second-order valence-corrected chi connectivity index (χ2v) is 7.71. The Morgan fingerprint density at radius 2 is 1.96 bits per heavy atom. The summed E-state index contributed by atoms with van der Waals surface area (Å²) in [5, 5.41) is 0. The largest absolute Gasteiger partial charge is 0.350 e. The van der Waals surface area contributed by atoms with Crippen LogP contribution in [0.4, 0.5) is 5.82 Å². The molecule has 1 saturated heterocycles. The number of aryl methyl sites for hydroxylation is 2. The average molecular weight is 339 g/mol. The van der Waals surface area contributed by atoms with Crippen LogP contribution in [0, 0.1) is 6.92 Å². The van der Waals surface area contributed by atoms with Crippen LogP contribution in [0.15, 0.2) is 17.2 Å². The van der Waals surface area contributed by atoms with E-state index in [4.69, 9.17) is 4.98 Å². The van der Waals surface area contributed by atoms with Crippen LogP contribution in [0.3, 0.4) is 0 Å². The third kappa shape index (κ3) is 2.50. The molecule has 0 N–H and O–H groups in total. The highest BCUT2D eigenvalue weighted by atomic mass is 16.1. The number of hydrogen-bond donors (Lipinski definition) is 0. The lowest BCUT2D eigenvalue weighted by atomic mass is 10.0. The molecule has 0 radical (unpaired) electrons. The number of fused-ring (bicyclic) bond motifs is 1. The molecule has 1 atom stereocenters. The van der Waals surface area contributed by atoms with Crippen molar-refractivity contribution in [3.05, 3.63) is 40.0 Å². The van der Waals surface area contributed by atoms with E-state index in [1.165, 1.54) is 24.2 Å². The summed E-state index contributed by atoms with van der Waals surface area (Å²) in [5.41, 5.74) is 2.82. The van der Waals surface area contributed by atoms with Crippen molar-refractivity contribution in [2.24, 2.45) is 0 Å². The molecule has 0 aromatic carbocycles. The molecule has 25 heavy (non-hydrogen) atoms. The Morgan fingerprint density at radius 1 is 1.12 bits per heavy atom. The fourth-order valence-electron chi connectivity index (χ4n) is 4.60. The first kappa shape index (κ1) is 15.2. The second-order valence-electron chi connectivity index (χ2n) is 7.71. The fourth-order valence-corrected chi connectivity index (χ4v) is 4.60. The number of nitrogens with zero attached hydrogens (tertiary/aromatic N) is 5. The zero-order valence-corrected chi connectivity index (χ0v) is 14.8. The Hall–Kier alpha value is -2.11. The Kier molecular flexibility index (Phi) is 3.47. The van der Waals surface area contributed by atoms with E-state index >= 15 is 0 Å². The maximum Gasteiger partial charge on any atom is 0.293 e. The van der Waals surface area contributed by atoms with Crippen molar-refractivity contribution in [2.75, 3.05) is 18.0 Å². The van der Waals surface area contributed by atoms with Gasteiger partial charge < -0.3 is 14.0 Å². The SMILES string of the molecule is Cc1nc2c(n1C1CCN(c3nccn(C4CC4)c3=O)C1)CCCC2. The maximum absolute atomic E-state index is 12.8. The normalized spacial score (nSPS) is 23.1. The molecule has 3 heterocycles.